The van der Waals surface area contributed by atoms with Crippen LogP contribution < -0.4 is 5.73 Å². The molecule has 2 atom stereocenters. The SMILES string of the molecule is CC(OC(N)=O)C(Cl)C(Cl)Cl. The van der Waals surface area contributed by atoms with E-state index in [-0.39, 0.29) is 0 Å². The quantitative estimate of drug-likeness (QED) is 0.739. The molecule has 66 valence electrons. The molecule has 0 saturated heterocycles. The van der Waals surface area contributed by atoms with Gasteiger partial charge in [-0.2, -0.15) is 0 Å². The van der Waals surface area contributed by atoms with Crippen LogP contribution in [-0.4, -0.2) is 22.4 Å². The Bertz CT molecular complexity index is 142. The molecule has 0 saturated carbocycles. The van der Waals surface area contributed by atoms with E-state index < -0.39 is 22.4 Å². The Morgan fingerprint density at radius 3 is 2.18 bits per heavy atom. The molecule has 0 aromatic carbocycles. The Balaban J connectivity index is 3.82. The van der Waals surface area contributed by atoms with Crippen molar-refractivity contribution in [1.82, 2.24) is 0 Å². The summed E-state index contributed by atoms with van der Waals surface area (Å²) < 4.78 is 4.51. The Kier molecular flexibility index (Phi) is 4.97. The van der Waals surface area contributed by atoms with E-state index >= 15 is 0 Å². The zero-order chi connectivity index (χ0) is 9.02. The zero-order valence-electron chi connectivity index (χ0n) is 5.76. The molecule has 0 heterocycles. The average molecular weight is 220 g/mol. The lowest BCUT2D eigenvalue weighted by Gasteiger charge is -2.17. The van der Waals surface area contributed by atoms with Crippen molar-refractivity contribution in [2.45, 2.75) is 23.2 Å². The summed E-state index contributed by atoms with van der Waals surface area (Å²) in [6, 6.07) is 0. The number of amides is 1. The largest absolute Gasteiger partial charge is 0.445 e. The molecule has 11 heavy (non-hydrogen) atoms. The molecule has 2 unspecified atom stereocenters. The number of rotatable bonds is 3. The van der Waals surface area contributed by atoms with Crippen LogP contribution in [0.2, 0.25) is 0 Å². The van der Waals surface area contributed by atoms with Gasteiger partial charge in [0.2, 0.25) is 0 Å². The van der Waals surface area contributed by atoms with Gasteiger partial charge in [-0.3, -0.25) is 0 Å². The van der Waals surface area contributed by atoms with Crippen molar-refractivity contribution >= 4 is 40.9 Å². The maximum Gasteiger partial charge on any atom is 0.404 e. The fourth-order valence-corrected chi connectivity index (χ4v) is 0.914. The third kappa shape index (κ3) is 4.56. The van der Waals surface area contributed by atoms with Crippen LogP contribution in [0.4, 0.5) is 4.79 Å². The molecular formula is C5H8Cl3NO2. The predicted octanol–water partition coefficient (Wildman–Crippen LogP) is 1.88. The van der Waals surface area contributed by atoms with Gasteiger partial charge in [0.25, 0.3) is 0 Å². The van der Waals surface area contributed by atoms with E-state index in [1.165, 1.54) is 0 Å². The highest BCUT2D eigenvalue weighted by atomic mass is 35.5. The summed E-state index contributed by atoms with van der Waals surface area (Å²) in [6.07, 6.45) is -1.48. The van der Waals surface area contributed by atoms with E-state index in [1.54, 1.807) is 6.92 Å². The second-order valence-corrected chi connectivity index (χ2v) is 3.59. The van der Waals surface area contributed by atoms with Crippen LogP contribution in [0.3, 0.4) is 0 Å². The number of ether oxygens (including phenoxy) is 1. The van der Waals surface area contributed by atoms with Crippen LogP contribution in [-0.2, 0) is 4.74 Å². The summed E-state index contributed by atoms with van der Waals surface area (Å²) in [7, 11) is 0. The van der Waals surface area contributed by atoms with Crippen LogP contribution in [0, 0.1) is 0 Å². The van der Waals surface area contributed by atoms with E-state index in [0.717, 1.165) is 0 Å². The van der Waals surface area contributed by atoms with E-state index in [1.807, 2.05) is 0 Å². The Labute approximate surface area is 79.7 Å². The minimum atomic E-state index is -0.892. The van der Waals surface area contributed by atoms with Crippen LogP contribution in [0.5, 0.6) is 0 Å². The van der Waals surface area contributed by atoms with Crippen molar-refractivity contribution in [2.75, 3.05) is 0 Å². The van der Waals surface area contributed by atoms with Gasteiger partial charge in [0, 0.05) is 0 Å². The van der Waals surface area contributed by atoms with Gasteiger partial charge in [-0.1, -0.05) is 0 Å². The number of primary amides is 1. The van der Waals surface area contributed by atoms with Crippen molar-refractivity contribution in [3.05, 3.63) is 0 Å². The molecule has 0 radical (unpaired) electrons. The molecule has 2 N–H and O–H groups in total. The highest BCUT2D eigenvalue weighted by molar-refractivity contribution is 6.48. The topological polar surface area (TPSA) is 52.3 Å². The number of carbonyl (C=O) groups is 1. The number of hydrogen-bond donors (Lipinski definition) is 1. The molecule has 6 heteroatoms. The zero-order valence-corrected chi connectivity index (χ0v) is 8.03. The summed E-state index contributed by atoms with van der Waals surface area (Å²) in [5.74, 6) is 0. The van der Waals surface area contributed by atoms with Gasteiger partial charge in [0.15, 0.2) is 0 Å². The Hall–Kier alpha value is 0.140. The van der Waals surface area contributed by atoms with Gasteiger partial charge in [0.1, 0.15) is 16.3 Å². The lowest BCUT2D eigenvalue weighted by molar-refractivity contribution is 0.115. The van der Waals surface area contributed by atoms with Gasteiger partial charge in [-0.25, -0.2) is 4.79 Å². The second-order valence-electron chi connectivity index (χ2n) is 1.92. The summed E-state index contributed by atoms with van der Waals surface area (Å²) in [4.78, 5) is 9.41. The van der Waals surface area contributed by atoms with Crippen molar-refractivity contribution in [2.24, 2.45) is 5.73 Å². The summed E-state index contributed by atoms with van der Waals surface area (Å²) >= 11 is 16.4. The van der Waals surface area contributed by atoms with Crippen molar-refractivity contribution < 1.29 is 9.53 Å². The van der Waals surface area contributed by atoms with Crippen LogP contribution in [0.1, 0.15) is 6.92 Å². The number of carbonyl (C=O) groups excluding carboxylic acids is 1. The molecule has 0 aromatic rings. The van der Waals surface area contributed by atoms with E-state index in [0.29, 0.717) is 0 Å². The van der Waals surface area contributed by atoms with Gasteiger partial charge in [-0.05, 0) is 6.92 Å². The Morgan fingerprint density at radius 1 is 1.45 bits per heavy atom. The molecular weight excluding hydrogens is 212 g/mol. The second kappa shape index (κ2) is 4.91. The molecule has 0 rings (SSSR count). The monoisotopic (exact) mass is 219 g/mol. The molecule has 0 spiro atoms. The molecule has 0 bridgehead atoms. The molecule has 0 aliphatic carbocycles. The number of nitrogens with two attached hydrogens (primary N) is 1. The lowest BCUT2D eigenvalue weighted by atomic mass is 10.3. The third-order valence-corrected chi connectivity index (χ3v) is 2.40. The fourth-order valence-electron chi connectivity index (χ4n) is 0.453. The smallest absolute Gasteiger partial charge is 0.404 e. The van der Waals surface area contributed by atoms with Crippen molar-refractivity contribution in [1.29, 1.82) is 0 Å². The lowest BCUT2D eigenvalue weighted by Crippen LogP contribution is -2.31. The highest BCUT2D eigenvalue weighted by Crippen LogP contribution is 2.19. The molecule has 0 aromatic heterocycles. The van der Waals surface area contributed by atoms with Gasteiger partial charge in [-0.15, -0.1) is 34.8 Å². The third-order valence-electron chi connectivity index (χ3n) is 0.991. The minimum absolute atomic E-state index is 0.589. The average Bonchev–Trinajstić information content (AvgIpc) is 1.84. The molecule has 0 aliphatic heterocycles. The van der Waals surface area contributed by atoms with E-state index in [4.69, 9.17) is 40.5 Å². The molecule has 0 fully saturated rings. The van der Waals surface area contributed by atoms with E-state index in [9.17, 15) is 4.79 Å². The van der Waals surface area contributed by atoms with Gasteiger partial charge >= 0.3 is 6.09 Å². The fraction of sp³-hybridized carbons (Fsp3) is 0.800. The van der Waals surface area contributed by atoms with Crippen LogP contribution >= 0.6 is 34.8 Å². The standard InChI is InChI=1S/C5H8Cl3NO2/c1-2(11-5(9)10)3(6)4(7)8/h2-4H,1H3,(H2,9,10). The predicted molar refractivity (Wildman–Crippen MR) is 45.3 cm³/mol. The molecule has 3 nitrogen and oxygen atoms in total. The normalized spacial score (nSPS) is 16.1. The van der Waals surface area contributed by atoms with Crippen LogP contribution in [0.25, 0.3) is 0 Å². The van der Waals surface area contributed by atoms with Crippen molar-refractivity contribution in [3.63, 3.8) is 0 Å². The first-order chi connectivity index (χ1) is 4.95. The maximum atomic E-state index is 10.2. The van der Waals surface area contributed by atoms with E-state index in [2.05, 4.69) is 4.74 Å². The first kappa shape index (κ1) is 11.1. The molecule has 0 aliphatic rings. The minimum Gasteiger partial charge on any atom is -0.445 e. The number of halogens is 3. The summed E-state index contributed by atoms with van der Waals surface area (Å²) in [5.41, 5.74) is 4.73. The van der Waals surface area contributed by atoms with Crippen LogP contribution in [0.15, 0.2) is 0 Å². The highest BCUT2D eigenvalue weighted by Gasteiger charge is 2.23. The maximum absolute atomic E-state index is 10.2. The Morgan fingerprint density at radius 2 is 1.91 bits per heavy atom. The summed E-state index contributed by atoms with van der Waals surface area (Å²) in [5, 5.41) is -0.647. The van der Waals surface area contributed by atoms with Crippen molar-refractivity contribution in [3.8, 4) is 0 Å². The van der Waals surface area contributed by atoms with Gasteiger partial charge < -0.3 is 10.5 Å². The first-order valence-electron chi connectivity index (χ1n) is 2.83. The summed E-state index contributed by atoms with van der Waals surface area (Å²) in [6.45, 7) is 1.56. The molecule has 1 amide bonds. The first-order valence-corrected chi connectivity index (χ1v) is 4.14. The number of hydrogen-bond acceptors (Lipinski definition) is 2. The van der Waals surface area contributed by atoms with Gasteiger partial charge in [0.05, 0.1) is 0 Å². The number of alkyl halides is 3.